The van der Waals surface area contributed by atoms with Crippen molar-refractivity contribution in [3.8, 4) is 16.9 Å². The molecule has 4 rings (SSSR count). The number of piperidine rings is 1. The lowest BCUT2D eigenvalue weighted by Crippen LogP contribution is -2.38. The van der Waals surface area contributed by atoms with Crippen molar-refractivity contribution < 1.29 is 9.18 Å². The van der Waals surface area contributed by atoms with Crippen LogP contribution in [0.25, 0.3) is 16.9 Å². The molecule has 4 nitrogen and oxygen atoms in total. The summed E-state index contributed by atoms with van der Waals surface area (Å²) >= 11 is 0. The van der Waals surface area contributed by atoms with E-state index in [0.717, 1.165) is 37.2 Å². The molecule has 1 fully saturated rings. The standard InChI is InChI=1S/C23H24FN3O/c1-16-10-12-26(13-11-16)23(28)22-15-21(19-8-3-4-9-20(19)24)25-27(22)18-7-5-6-17(2)14-18/h3-9,14-16H,10-13H2,1-2H3. The van der Waals surface area contributed by atoms with E-state index >= 15 is 0 Å². The van der Waals surface area contributed by atoms with Crippen LogP contribution in [-0.4, -0.2) is 33.7 Å². The second-order valence-corrected chi connectivity index (χ2v) is 7.62. The van der Waals surface area contributed by atoms with Crippen molar-refractivity contribution >= 4 is 5.91 Å². The first-order valence-corrected chi connectivity index (χ1v) is 9.74. The maximum absolute atomic E-state index is 14.3. The van der Waals surface area contributed by atoms with Crippen molar-refractivity contribution in [2.24, 2.45) is 5.92 Å². The van der Waals surface area contributed by atoms with Gasteiger partial charge in [-0.2, -0.15) is 5.10 Å². The molecule has 1 aromatic heterocycles. The van der Waals surface area contributed by atoms with Gasteiger partial charge in [0, 0.05) is 18.7 Å². The summed E-state index contributed by atoms with van der Waals surface area (Å²) in [7, 11) is 0. The molecule has 0 N–H and O–H groups in total. The minimum atomic E-state index is -0.345. The Bertz CT molecular complexity index is 1000. The van der Waals surface area contributed by atoms with Gasteiger partial charge in [0.2, 0.25) is 0 Å². The number of aryl methyl sites for hydroxylation is 1. The highest BCUT2D eigenvalue weighted by atomic mass is 19.1. The molecule has 0 unspecified atom stereocenters. The summed E-state index contributed by atoms with van der Waals surface area (Å²) < 4.78 is 16.0. The Kier molecular flexibility index (Phi) is 4.99. The Morgan fingerprint density at radius 2 is 1.82 bits per heavy atom. The number of carbonyl (C=O) groups is 1. The Labute approximate surface area is 164 Å². The number of hydrogen-bond donors (Lipinski definition) is 0. The van der Waals surface area contributed by atoms with E-state index in [1.165, 1.54) is 6.07 Å². The third-order valence-corrected chi connectivity index (χ3v) is 5.40. The predicted molar refractivity (Wildman–Crippen MR) is 108 cm³/mol. The lowest BCUT2D eigenvalue weighted by Gasteiger charge is -2.30. The van der Waals surface area contributed by atoms with Crippen LogP contribution < -0.4 is 0 Å². The van der Waals surface area contributed by atoms with E-state index in [-0.39, 0.29) is 11.7 Å². The number of halogens is 1. The van der Waals surface area contributed by atoms with Gasteiger partial charge in [0.15, 0.2) is 0 Å². The van der Waals surface area contributed by atoms with Crippen molar-refractivity contribution in [2.45, 2.75) is 26.7 Å². The van der Waals surface area contributed by atoms with Gasteiger partial charge in [0.1, 0.15) is 11.5 Å². The molecule has 1 aliphatic rings. The van der Waals surface area contributed by atoms with Crippen LogP contribution in [0.2, 0.25) is 0 Å². The molecule has 28 heavy (non-hydrogen) atoms. The van der Waals surface area contributed by atoms with E-state index in [1.807, 2.05) is 36.1 Å². The van der Waals surface area contributed by atoms with Crippen LogP contribution in [0.5, 0.6) is 0 Å². The fourth-order valence-corrected chi connectivity index (χ4v) is 3.66. The molecule has 2 heterocycles. The molecular formula is C23H24FN3O. The Morgan fingerprint density at radius 3 is 2.54 bits per heavy atom. The molecule has 0 bridgehead atoms. The highest BCUT2D eigenvalue weighted by Crippen LogP contribution is 2.26. The van der Waals surface area contributed by atoms with Gasteiger partial charge >= 0.3 is 0 Å². The molecule has 2 aromatic carbocycles. The molecular weight excluding hydrogens is 353 g/mol. The quantitative estimate of drug-likeness (QED) is 0.654. The second kappa shape index (κ2) is 7.58. The lowest BCUT2D eigenvalue weighted by atomic mass is 9.99. The first-order chi connectivity index (χ1) is 13.5. The molecule has 0 aliphatic carbocycles. The van der Waals surface area contributed by atoms with Gasteiger partial charge in [-0.25, -0.2) is 9.07 Å². The Balaban J connectivity index is 1.79. The van der Waals surface area contributed by atoms with Crippen LogP contribution in [0.3, 0.4) is 0 Å². The molecule has 0 atom stereocenters. The van der Waals surface area contributed by atoms with Crippen molar-refractivity contribution in [3.05, 3.63) is 71.7 Å². The Hall–Kier alpha value is -2.95. The van der Waals surface area contributed by atoms with E-state index < -0.39 is 0 Å². The highest BCUT2D eigenvalue weighted by Gasteiger charge is 2.26. The molecule has 5 heteroatoms. The zero-order chi connectivity index (χ0) is 19.7. The normalized spacial score (nSPS) is 15.0. The first-order valence-electron chi connectivity index (χ1n) is 9.74. The van der Waals surface area contributed by atoms with Crippen LogP contribution >= 0.6 is 0 Å². The third kappa shape index (κ3) is 3.57. The SMILES string of the molecule is Cc1cccc(-n2nc(-c3ccccc3F)cc2C(=O)N2CCC(C)CC2)c1. The second-order valence-electron chi connectivity index (χ2n) is 7.62. The van der Waals surface area contributed by atoms with Gasteiger partial charge in [-0.15, -0.1) is 0 Å². The average molecular weight is 377 g/mol. The fraction of sp³-hybridized carbons (Fsp3) is 0.304. The fourth-order valence-electron chi connectivity index (χ4n) is 3.66. The number of rotatable bonds is 3. The van der Waals surface area contributed by atoms with E-state index in [4.69, 9.17) is 0 Å². The Morgan fingerprint density at radius 1 is 1.07 bits per heavy atom. The van der Waals surface area contributed by atoms with Gasteiger partial charge in [0.25, 0.3) is 5.91 Å². The summed E-state index contributed by atoms with van der Waals surface area (Å²) in [4.78, 5) is 15.2. The molecule has 0 saturated carbocycles. The van der Waals surface area contributed by atoms with Crippen molar-refractivity contribution in [3.63, 3.8) is 0 Å². The summed E-state index contributed by atoms with van der Waals surface area (Å²) in [6, 6.07) is 16.1. The monoisotopic (exact) mass is 377 g/mol. The zero-order valence-corrected chi connectivity index (χ0v) is 16.2. The summed E-state index contributed by atoms with van der Waals surface area (Å²) in [5.74, 6) is 0.241. The van der Waals surface area contributed by atoms with Crippen molar-refractivity contribution in [1.82, 2.24) is 14.7 Å². The van der Waals surface area contributed by atoms with Crippen LogP contribution in [0, 0.1) is 18.7 Å². The maximum Gasteiger partial charge on any atom is 0.272 e. The summed E-state index contributed by atoms with van der Waals surface area (Å²) in [6.07, 6.45) is 2.01. The number of carbonyl (C=O) groups excluding carboxylic acids is 1. The molecule has 144 valence electrons. The van der Waals surface area contributed by atoms with Crippen LogP contribution in [0.1, 0.15) is 35.8 Å². The molecule has 1 aliphatic heterocycles. The van der Waals surface area contributed by atoms with Gasteiger partial charge in [0.05, 0.1) is 11.4 Å². The number of hydrogen-bond acceptors (Lipinski definition) is 2. The molecule has 0 radical (unpaired) electrons. The lowest BCUT2D eigenvalue weighted by molar-refractivity contribution is 0.0688. The van der Waals surface area contributed by atoms with Gasteiger partial charge in [-0.3, -0.25) is 4.79 Å². The minimum Gasteiger partial charge on any atom is -0.337 e. The van der Waals surface area contributed by atoms with E-state index in [1.54, 1.807) is 28.9 Å². The maximum atomic E-state index is 14.3. The smallest absolute Gasteiger partial charge is 0.272 e. The van der Waals surface area contributed by atoms with Crippen LogP contribution in [-0.2, 0) is 0 Å². The van der Waals surface area contributed by atoms with E-state index in [0.29, 0.717) is 22.9 Å². The van der Waals surface area contributed by atoms with Gasteiger partial charge < -0.3 is 4.90 Å². The summed E-state index contributed by atoms with van der Waals surface area (Å²) in [5, 5.41) is 4.61. The van der Waals surface area contributed by atoms with Crippen molar-refractivity contribution in [2.75, 3.05) is 13.1 Å². The largest absolute Gasteiger partial charge is 0.337 e. The molecule has 1 amide bonds. The number of likely N-dealkylation sites (tertiary alicyclic amines) is 1. The predicted octanol–water partition coefficient (Wildman–Crippen LogP) is 4.86. The first kappa shape index (κ1) is 18.4. The topological polar surface area (TPSA) is 38.1 Å². The van der Waals surface area contributed by atoms with E-state index in [9.17, 15) is 9.18 Å². The number of benzene rings is 2. The third-order valence-electron chi connectivity index (χ3n) is 5.40. The number of nitrogens with zero attached hydrogens (tertiary/aromatic N) is 3. The van der Waals surface area contributed by atoms with Crippen molar-refractivity contribution in [1.29, 1.82) is 0 Å². The number of amides is 1. The number of aromatic nitrogens is 2. The molecule has 3 aromatic rings. The molecule has 1 saturated heterocycles. The highest BCUT2D eigenvalue weighted by molar-refractivity contribution is 5.94. The van der Waals surface area contributed by atoms with Crippen LogP contribution in [0.4, 0.5) is 4.39 Å². The summed E-state index contributed by atoms with van der Waals surface area (Å²) in [6.45, 7) is 5.70. The average Bonchev–Trinajstić information content (AvgIpc) is 3.13. The molecule has 0 spiro atoms. The van der Waals surface area contributed by atoms with Crippen LogP contribution in [0.15, 0.2) is 54.6 Å². The zero-order valence-electron chi connectivity index (χ0n) is 16.2. The van der Waals surface area contributed by atoms with Gasteiger partial charge in [-0.05, 0) is 61.6 Å². The van der Waals surface area contributed by atoms with E-state index in [2.05, 4.69) is 12.0 Å². The minimum absolute atomic E-state index is 0.0523. The summed E-state index contributed by atoms with van der Waals surface area (Å²) in [5.41, 5.74) is 3.21. The van der Waals surface area contributed by atoms with Gasteiger partial charge in [-0.1, -0.05) is 31.2 Å².